The van der Waals surface area contributed by atoms with Gasteiger partial charge in [-0.2, -0.15) is 0 Å². The lowest BCUT2D eigenvalue weighted by Crippen LogP contribution is -2.35. The summed E-state index contributed by atoms with van der Waals surface area (Å²) in [6, 6.07) is 0. The van der Waals surface area contributed by atoms with Crippen LogP contribution in [0.1, 0.15) is 71.0 Å². The minimum Gasteiger partial charge on any atom is -0.392 e. The van der Waals surface area contributed by atoms with E-state index in [2.05, 4.69) is 4.98 Å². The van der Waals surface area contributed by atoms with Crippen LogP contribution in [-0.2, 0) is 9.59 Å². The van der Waals surface area contributed by atoms with Gasteiger partial charge < -0.3 is 10.2 Å². The SMILES string of the molecule is CCC(=O)[C@H](C)[C@@H](O)[C@@H](C)C(=O)CCC(C)=CC[C@H](O)C(C)=Cc1csc(C)n1. The predicted molar refractivity (Wildman–Crippen MR) is 119 cm³/mol. The van der Waals surface area contributed by atoms with E-state index in [-0.39, 0.29) is 11.6 Å². The van der Waals surface area contributed by atoms with Gasteiger partial charge in [0.05, 0.1) is 22.9 Å². The number of thiazole rings is 1. The molecule has 1 rings (SSSR count). The monoisotopic (exact) mass is 421 g/mol. The van der Waals surface area contributed by atoms with Crippen molar-refractivity contribution in [1.82, 2.24) is 4.98 Å². The molecule has 0 aliphatic carbocycles. The molecule has 0 saturated carbocycles. The molecular formula is C23H35NO4S. The lowest BCUT2D eigenvalue weighted by Gasteiger charge is -2.23. The summed E-state index contributed by atoms with van der Waals surface area (Å²) >= 11 is 1.58. The fourth-order valence-corrected chi connectivity index (χ4v) is 3.63. The van der Waals surface area contributed by atoms with Crippen molar-refractivity contribution in [1.29, 1.82) is 0 Å². The van der Waals surface area contributed by atoms with Gasteiger partial charge in [-0.25, -0.2) is 4.98 Å². The van der Waals surface area contributed by atoms with Gasteiger partial charge in [-0.05, 0) is 45.3 Å². The van der Waals surface area contributed by atoms with Crippen molar-refractivity contribution in [2.45, 2.75) is 79.4 Å². The molecule has 0 spiro atoms. The van der Waals surface area contributed by atoms with Crippen molar-refractivity contribution in [2.75, 3.05) is 0 Å². The number of carbonyl (C=O) groups is 2. The van der Waals surface area contributed by atoms with Gasteiger partial charge in [-0.3, -0.25) is 9.59 Å². The minimum absolute atomic E-state index is 0.0292. The largest absolute Gasteiger partial charge is 0.392 e. The van der Waals surface area contributed by atoms with Gasteiger partial charge in [0.15, 0.2) is 0 Å². The van der Waals surface area contributed by atoms with Crippen LogP contribution in [-0.4, -0.2) is 39.0 Å². The number of aliphatic hydroxyl groups is 2. The highest BCUT2D eigenvalue weighted by Gasteiger charge is 2.29. The molecule has 6 heteroatoms. The molecule has 162 valence electrons. The molecular weight excluding hydrogens is 386 g/mol. The maximum Gasteiger partial charge on any atom is 0.138 e. The maximum atomic E-state index is 12.4. The number of ketones is 2. The third-order valence-corrected chi connectivity index (χ3v) is 6.17. The summed E-state index contributed by atoms with van der Waals surface area (Å²) < 4.78 is 0. The van der Waals surface area contributed by atoms with Crippen molar-refractivity contribution < 1.29 is 19.8 Å². The van der Waals surface area contributed by atoms with Gasteiger partial charge in [0.25, 0.3) is 0 Å². The summed E-state index contributed by atoms with van der Waals surface area (Å²) in [5.74, 6) is -1.16. The van der Waals surface area contributed by atoms with Crippen molar-refractivity contribution in [3.63, 3.8) is 0 Å². The molecule has 0 bridgehead atoms. The van der Waals surface area contributed by atoms with Gasteiger partial charge in [0.1, 0.15) is 11.6 Å². The van der Waals surface area contributed by atoms with E-state index in [9.17, 15) is 19.8 Å². The highest BCUT2D eigenvalue weighted by atomic mass is 32.1. The Hall–Kier alpha value is -1.63. The standard InChI is InChI=1S/C23H35NO4S/c1-7-20(25)16(4)23(28)17(5)22(27)11-9-14(2)8-10-21(26)15(3)12-19-13-29-18(6)24-19/h8,12-13,16-17,21,23,26,28H,7,9-11H2,1-6H3/t16-,17-,21-,23+/m0/s1. The quantitative estimate of drug-likeness (QED) is 0.485. The molecule has 0 unspecified atom stereocenters. The Balaban J connectivity index is 2.53. The van der Waals surface area contributed by atoms with E-state index in [1.54, 1.807) is 32.1 Å². The first-order chi connectivity index (χ1) is 13.6. The summed E-state index contributed by atoms with van der Waals surface area (Å²) in [4.78, 5) is 28.5. The maximum absolute atomic E-state index is 12.4. The van der Waals surface area contributed by atoms with E-state index in [4.69, 9.17) is 0 Å². The van der Waals surface area contributed by atoms with Gasteiger partial charge in [-0.15, -0.1) is 11.3 Å². The Kier molecular flexibility index (Phi) is 10.6. The second-order valence-corrected chi connectivity index (χ2v) is 8.90. The second kappa shape index (κ2) is 12.2. The highest BCUT2D eigenvalue weighted by Crippen LogP contribution is 2.20. The molecule has 0 aromatic carbocycles. The van der Waals surface area contributed by atoms with E-state index in [1.165, 1.54) is 0 Å². The summed E-state index contributed by atoms with van der Waals surface area (Å²) in [7, 11) is 0. The van der Waals surface area contributed by atoms with Crippen molar-refractivity contribution in [3.8, 4) is 0 Å². The molecule has 0 aliphatic heterocycles. The lowest BCUT2D eigenvalue weighted by atomic mass is 9.85. The van der Waals surface area contributed by atoms with E-state index in [1.807, 2.05) is 38.3 Å². The number of nitrogens with zero attached hydrogens (tertiary/aromatic N) is 1. The fourth-order valence-electron chi connectivity index (χ4n) is 3.06. The Morgan fingerprint density at radius 1 is 1.14 bits per heavy atom. The zero-order chi connectivity index (χ0) is 22.1. The van der Waals surface area contributed by atoms with E-state index < -0.39 is 24.0 Å². The molecule has 29 heavy (non-hydrogen) atoms. The van der Waals surface area contributed by atoms with Crippen molar-refractivity contribution >= 4 is 29.0 Å². The third-order valence-electron chi connectivity index (χ3n) is 5.38. The normalized spacial score (nSPS) is 17.0. The first-order valence-corrected chi connectivity index (χ1v) is 11.1. The topological polar surface area (TPSA) is 87.5 Å². The number of Topliss-reactive ketones (excluding diaryl/α,β-unsaturated/α-hetero) is 2. The molecule has 0 saturated heterocycles. The van der Waals surface area contributed by atoms with Crippen LogP contribution >= 0.6 is 11.3 Å². The molecule has 0 radical (unpaired) electrons. The van der Waals surface area contributed by atoms with Crippen LogP contribution in [0.4, 0.5) is 0 Å². The molecule has 0 fully saturated rings. The first kappa shape index (κ1) is 25.4. The van der Waals surface area contributed by atoms with Crippen LogP contribution in [0.2, 0.25) is 0 Å². The van der Waals surface area contributed by atoms with Crippen LogP contribution in [0.3, 0.4) is 0 Å². The van der Waals surface area contributed by atoms with Crippen molar-refractivity contribution in [3.05, 3.63) is 33.3 Å². The van der Waals surface area contributed by atoms with Crippen LogP contribution in [0.25, 0.3) is 6.08 Å². The van der Waals surface area contributed by atoms with Gasteiger partial charge in [0, 0.05) is 30.1 Å². The summed E-state index contributed by atoms with van der Waals surface area (Å²) in [5.41, 5.74) is 2.73. The summed E-state index contributed by atoms with van der Waals surface area (Å²) in [6.07, 6.45) is 4.04. The summed E-state index contributed by atoms with van der Waals surface area (Å²) in [5, 5.41) is 23.6. The average Bonchev–Trinajstić information content (AvgIpc) is 3.11. The van der Waals surface area contributed by atoms with Gasteiger partial charge >= 0.3 is 0 Å². The third kappa shape index (κ3) is 8.33. The number of aryl methyl sites for hydroxylation is 1. The number of carbonyl (C=O) groups excluding carboxylic acids is 2. The average molecular weight is 422 g/mol. The zero-order valence-electron chi connectivity index (χ0n) is 18.4. The zero-order valence-corrected chi connectivity index (χ0v) is 19.3. The van der Waals surface area contributed by atoms with Gasteiger partial charge in [0.2, 0.25) is 0 Å². The number of aliphatic hydroxyl groups excluding tert-OH is 2. The molecule has 4 atom stereocenters. The Labute approximate surface area is 178 Å². The summed E-state index contributed by atoms with van der Waals surface area (Å²) in [6.45, 7) is 10.9. The fraction of sp³-hybridized carbons (Fsp3) is 0.609. The number of hydrogen-bond donors (Lipinski definition) is 2. The lowest BCUT2D eigenvalue weighted by molar-refractivity contribution is -0.131. The van der Waals surface area contributed by atoms with E-state index in [0.29, 0.717) is 25.7 Å². The van der Waals surface area contributed by atoms with E-state index >= 15 is 0 Å². The van der Waals surface area contributed by atoms with Crippen molar-refractivity contribution in [2.24, 2.45) is 11.8 Å². The Morgan fingerprint density at radius 3 is 2.31 bits per heavy atom. The molecule has 2 N–H and O–H groups in total. The van der Waals surface area contributed by atoms with Crippen LogP contribution in [0.15, 0.2) is 22.6 Å². The highest BCUT2D eigenvalue weighted by molar-refractivity contribution is 7.09. The molecule has 0 amide bonds. The van der Waals surface area contributed by atoms with Crippen LogP contribution in [0, 0.1) is 18.8 Å². The van der Waals surface area contributed by atoms with Crippen LogP contribution < -0.4 is 0 Å². The smallest absolute Gasteiger partial charge is 0.138 e. The Morgan fingerprint density at radius 2 is 1.76 bits per heavy atom. The Bertz CT molecular complexity index is 750. The molecule has 1 heterocycles. The number of aromatic nitrogens is 1. The number of allylic oxidation sites excluding steroid dienone is 1. The van der Waals surface area contributed by atoms with Gasteiger partial charge in [-0.1, -0.05) is 32.4 Å². The molecule has 1 aromatic rings. The molecule has 1 aromatic heterocycles. The molecule has 5 nitrogen and oxygen atoms in total. The van der Waals surface area contributed by atoms with Crippen LogP contribution in [0.5, 0.6) is 0 Å². The molecule has 0 aliphatic rings. The first-order valence-electron chi connectivity index (χ1n) is 10.2. The number of hydrogen-bond acceptors (Lipinski definition) is 6. The van der Waals surface area contributed by atoms with E-state index in [0.717, 1.165) is 21.8 Å². The minimum atomic E-state index is -0.941. The predicted octanol–water partition coefficient (Wildman–Crippen LogP) is 4.51. The second-order valence-electron chi connectivity index (χ2n) is 7.84. The number of rotatable bonds is 12.